The van der Waals surface area contributed by atoms with Gasteiger partial charge in [0.05, 0.1) is 28.2 Å². The molecule has 0 saturated carbocycles. The Kier molecular flexibility index (Phi) is 6.96. The van der Waals surface area contributed by atoms with Crippen LogP contribution in [0.25, 0.3) is 10.9 Å². The van der Waals surface area contributed by atoms with Crippen LogP contribution in [0.1, 0.15) is 0 Å². The van der Waals surface area contributed by atoms with Gasteiger partial charge in [-0.25, -0.2) is 22.9 Å². The van der Waals surface area contributed by atoms with Crippen molar-refractivity contribution in [2.24, 2.45) is 7.05 Å². The molecule has 0 aliphatic carbocycles. The Morgan fingerprint density at radius 2 is 1.87 bits per heavy atom. The molecule has 0 unspecified atom stereocenters. The lowest BCUT2D eigenvalue weighted by molar-refractivity contribution is -0.199. The van der Waals surface area contributed by atoms with E-state index in [2.05, 4.69) is 15.1 Å². The number of hydrogen-bond acceptors (Lipinski definition) is 7. The van der Waals surface area contributed by atoms with Gasteiger partial charge in [-0.3, -0.25) is 4.79 Å². The van der Waals surface area contributed by atoms with Gasteiger partial charge in [0.15, 0.2) is 5.82 Å². The van der Waals surface area contributed by atoms with Crippen LogP contribution in [0.15, 0.2) is 35.4 Å². The Balaban J connectivity index is 1.82. The summed E-state index contributed by atoms with van der Waals surface area (Å²) in [6, 6.07) is 3.37. The second kappa shape index (κ2) is 9.63. The zero-order valence-electron chi connectivity index (χ0n) is 18.8. The van der Waals surface area contributed by atoms with Crippen LogP contribution in [-0.2, 0) is 26.9 Å². The Morgan fingerprint density at radius 1 is 1.21 bits per heavy atom. The van der Waals surface area contributed by atoms with Crippen molar-refractivity contribution in [3.63, 3.8) is 0 Å². The van der Waals surface area contributed by atoms with Crippen LogP contribution in [0.2, 0.25) is 5.02 Å². The first kappa shape index (κ1) is 27.5. The maximum atomic E-state index is 15.2. The number of alkyl halides is 4. The largest absolute Gasteiger partial charge is 0.493 e. The van der Waals surface area contributed by atoms with E-state index in [0.717, 1.165) is 17.0 Å². The van der Waals surface area contributed by atoms with Crippen molar-refractivity contribution in [1.29, 1.82) is 0 Å². The third-order valence-electron chi connectivity index (χ3n) is 5.29. The van der Waals surface area contributed by atoms with E-state index in [1.54, 1.807) is 0 Å². The number of halogens is 7. The molecule has 1 N–H and O–H groups in total. The Morgan fingerprint density at radius 3 is 2.47 bits per heavy atom. The summed E-state index contributed by atoms with van der Waals surface area (Å²) in [5.41, 5.74) is -3.22. The average molecular weight is 586 g/mol. The summed E-state index contributed by atoms with van der Waals surface area (Å²) in [4.78, 5) is 31.8. The number of fused-ring (bicyclic) bond motifs is 1. The van der Waals surface area contributed by atoms with Crippen LogP contribution >= 0.6 is 11.6 Å². The van der Waals surface area contributed by atoms with E-state index in [9.17, 15) is 40.0 Å². The van der Waals surface area contributed by atoms with Crippen LogP contribution in [0, 0.1) is 11.6 Å². The quantitative estimate of drug-likeness (QED) is 0.349. The smallest absolute Gasteiger partial charge is 0.349 e. The fourth-order valence-electron chi connectivity index (χ4n) is 3.31. The second-order valence-electron chi connectivity index (χ2n) is 7.89. The predicted octanol–water partition coefficient (Wildman–Crippen LogP) is 3.33. The van der Waals surface area contributed by atoms with Gasteiger partial charge in [0.2, 0.25) is 0 Å². The number of nitrogens with one attached hydrogen (secondary N) is 1. The molecule has 2 aromatic carbocycles. The van der Waals surface area contributed by atoms with Crippen molar-refractivity contribution >= 4 is 55.7 Å². The van der Waals surface area contributed by atoms with Crippen molar-refractivity contribution in [3.8, 4) is 0 Å². The number of carbonyl (C=O) groups excluding carboxylic acids is 1. The molecule has 204 valence electrons. The van der Waals surface area contributed by atoms with Gasteiger partial charge >= 0.3 is 22.4 Å². The fourth-order valence-corrected chi connectivity index (χ4v) is 5.11. The minimum Gasteiger partial charge on any atom is -0.349 e. The average Bonchev–Trinajstić information content (AvgIpc) is 2.81. The number of nitrogens with zero attached hydrogens (tertiary/aromatic N) is 4. The zero-order chi connectivity index (χ0) is 28.2. The van der Waals surface area contributed by atoms with Gasteiger partial charge in [-0.15, -0.1) is 0 Å². The lowest BCUT2D eigenvalue weighted by Gasteiger charge is -2.36. The maximum absolute atomic E-state index is 15.2. The molecular weight excluding hydrogens is 572 g/mol. The van der Waals surface area contributed by atoms with E-state index in [0.29, 0.717) is 16.4 Å². The molecule has 4 rings (SSSR count). The third kappa shape index (κ3) is 4.83. The van der Waals surface area contributed by atoms with Crippen LogP contribution in [0.4, 0.5) is 43.4 Å². The zero-order valence-corrected chi connectivity index (χ0v) is 20.3. The summed E-state index contributed by atoms with van der Waals surface area (Å²) in [6.45, 7) is -1.53. The number of hydrogen-bond donors (Lipinski definition) is 1. The van der Waals surface area contributed by atoms with Crippen molar-refractivity contribution in [1.82, 2.24) is 13.9 Å². The number of anilines is 3. The molecule has 1 aromatic heterocycles. The van der Waals surface area contributed by atoms with E-state index in [1.807, 2.05) is 0 Å². The maximum Gasteiger partial charge on any atom is 0.493 e. The third-order valence-corrected chi connectivity index (χ3v) is 7.31. The molecule has 1 fully saturated rings. The van der Waals surface area contributed by atoms with Crippen LogP contribution in [0.5, 0.6) is 0 Å². The summed E-state index contributed by atoms with van der Waals surface area (Å²) in [5, 5.41) is 0.776. The molecule has 1 saturated heterocycles. The molecule has 0 bridgehead atoms. The van der Waals surface area contributed by atoms with Gasteiger partial charge in [-0.05, 0) is 24.3 Å². The molecule has 0 atom stereocenters. The highest BCUT2D eigenvalue weighted by molar-refractivity contribution is 7.90. The normalized spacial score (nSPS) is 14.8. The van der Waals surface area contributed by atoms with Gasteiger partial charge in [-0.1, -0.05) is 16.1 Å². The lowest BCUT2D eigenvalue weighted by Crippen LogP contribution is -2.57. The van der Waals surface area contributed by atoms with E-state index in [4.69, 9.17) is 11.6 Å². The summed E-state index contributed by atoms with van der Waals surface area (Å²) in [6.07, 6.45) is -6.16. The highest BCUT2D eigenvalue weighted by atomic mass is 35.5. The first-order chi connectivity index (χ1) is 17.6. The molecule has 1 aliphatic rings. The number of rotatable bonds is 6. The molecule has 0 radical (unpaired) electrons. The van der Waals surface area contributed by atoms with Crippen LogP contribution in [0.3, 0.4) is 0 Å². The summed E-state index contributed by atoms with van der Waals surface area (Å²) >= 11 is 6.11. The first-order valence-electron chi connectivity index (χ1n) is 10.3. The first-order valence-corrected chi connectivity index (χ1v) is 12.0. The van der Waals surface area contributed by atoms with Crippen LogP contribution < -0.4 is 15.3 Å². The van der Waals surface area contributed by atoms with Crippen molar-refractivity contribution in [2.45, 2.75) is 12.3 Å². The number of benzene rings is 2. The molecule has 3 aromatic rings. The molecule has 1 aliphatic heterocycles. The lowest BCUT2D eigenvalue weighted by atomic mass is 10.2. The van der Waals surface area contributed by atoms with Gasteiger partial charge in [0, 0.05) is 20.1 Å². The van der Waals surface area contributed by atoms with Gasteiger partial charge in [0.25, 0.3) is 5.56 Å². The monoisotopic (exact) mass is 585 g/mol. The second-order valence-corrected chi connectivity index (χ2v) is 10.0. The molecule has 0 spiro atoms. The minimum atomic E-state index is -5.66. The van der Waals surface area contributed by atoms with E-state index >= 15 is 4.39 Å². The van der Waals surface area contributed by atoms with Crippen molar-refractivity contribution < 1.29 is 44.4 Å². The SMILES string of the molecule is Cn1cnc2ccc(Nc3c(F)ccc(N(OC(=O)C(F)(F)F)S(=O)(=O)N4CC(F)C4)c3Cl)c(F)c2c1=O. The van der Waals surface area contributed by atoms with Crippen molar-refractivity contribution in [2.75, 3.05) is 22.9 Å². The molecule has 38 heavy (non-hydrogen) atoms. The number of aryl methyl sites for hydroxylation is 1. The predicted molar refractivity (Wildman–Crippen MR) is 122 cm³/mol. The highest BCUT2D eigenvalue weighted by Gasteiger charge is 2.48. The summed E-state index contributed by atoms with van der Waals surface area (Å²) in [7, 11) is -3.86. The van der Waals surface area contributed by atoms with E-state index in [1.165, 1.54) is 13.1 Å². The standard InChI is InChI=1S/C20H14ClF6N5O5S/c1-30-8-28-11-3-4-12(16(24)14(11)18(30)33)29-17-10(23)2-5-13(15(17)21)32(37-19(34)20(25,26)27)38(35,36)31-6-9(22)7-31/h2-5,8-9,29H,6-7H2,1H3. The molecule has 0 amide bonds. The summed E-state index contributed by atoms with van der Waals surface area (Å²) in [5.74, 6) is -5.40. The Hall–Kier alpha value is -3.57. The molecular formula is C20H14ClF6N5O5S. The fraction of sp³-hybridized carbons (Fsp3) is 0.250. The van der Waals surface area contributed by atoms with Gasteiger partial charge in [-0.2, -0.15) is 25.9 Å². The van der Waals surface area contributed by atoms with Crippen LogP contribution in [-0.4, -0.2) is 53.7 Å². The molecule has 10 nitrogen and oxygen atoms in total. The summed E-state index contributed by atoms with van der Waals surface area (Å²) < 4.78 is 108. The van der Waals surface area contributed by atoms with Crippen molar-refractivity contribution in [3.05, 3.63) is 57.6 Å². The minimum absolute atomic E-state index is 0.0477. The molecule has 18 heteroatoms. The topological polar surface area (TPSA) is 114 Å². The molecule has 2 heterocycles. The van der Waals surface area contributed by atoms with E-state index in [-0.39, 0.29) is 5.52 Å². The Labute approximate surface area is 214 Å². The van der Waals surface area contributed by atoms with Gasteiger partial charge < -0.3 is 14.7 Å². The highest BCUT2D eigenvalue weighted by Crippen LogP contribution is 2.40. The number of carbonyl (C=O) groups is 1. The number of aromatic nitrogens is 2. The van der Waals surface area contributed by atoms with E-state index < -0.39 is 90.7 Å². The van der Waals surface area contributed by atoms with Gasteiger partial charge in [0.1, 0.15) is 23.1 Å². The Bertz CT molecular complexity index is 1610.